The summed E-state index contributed by atoms with van der Waals surface area (Å²) in [7, 11) is 0. The molecule has 0 aliphatic heterocycles. The van der Waals surface area contributed by atoms with E-state index < -0.39 is 0 Å². The topological polar surface area (TPSA) is 55.3 Å². The molecule has 3 rings (SSSR count). The Morgan fingerprint density at radius 2 is 1.73 bits per heavy atom. The lowest BCUT2D eigenvalue weighted by Gasteiger charge is -2.20. The van der Waals surface area contributed by atoms with Gasteiger partial charge in [0, 0.05) is 31.7 Å². The van der Waals surface area contributed by atoms with E-state index in [-0.39, 0.29) is 18.2 Å². The third kappa shape index (κ3) is 5.66. The third-order valence-electron chi connectivity index (χ3n) is 4.03. The van der Waals surface area contributed by atoms with Crippen molar-refractivity contribution in [3.63, 3.8) is 0 Å². The number of hydrogen-bond donors (Lipinski definition) is 1. The molecule has 6 heteroatoms. The lowest BCUT2D eigenvalue weighted by molar-refractivity contribution is 0.273. The summed E-state index contributed by atoms with van der Waals surface area (Å²) in [5.41, 5.74) is 8.66. The summed E-state index contributed by atoms with van der Waals surface area (Å²) in [6.07, 6.45) is 2.62. The minimum atomic E-state index is -0.273. The monoisotopic (exact) mass is 375 g/mol. The lowest BCUT2D eigenvalue weighted by atomic mass is 10.1. The molecule has 0 aliphatic carbocycles. The first-order valence-electron chi connectivity index (χ1n) is 8.41. The zero-order valence-electron chi connectivity index (χ0n) is 14.5. The second-order valence-corrected chi connectivity index (χ2v) is 5.95. The largest absolute Gasteiger partial charge is 0.444 e. The van der Waals surface area contributed by atoms with Crippen molar-refractivity contribution in [1.82, 2.24) is 9.88 Å². The van der Waals surface area contributed by atoms with E-state index in [1.54, 1.807) is 18.4 Å². The van der Waals surface area contributed by atoms with Crippen molar-refractivity contribution in [2.75, 3.05) is 19.6 Å². The molecule has 0 bridgehead atoms. The summed E-state index contributed by atoms with van der Waals surface area (Å²) in [5.74, 6) is 0.233. The molecule has 26 heavy (non-hydrogen) atoms. The third-order valence-corrected chi connectivity index (χ3v) is 4.03. The van der Waals surface area contributed by atoms with Gasteiger partial charge in [-0.3, -0.25) is 4.90 Å². The molecule has 1 aromatic heterocycles. The highest BCUT2D eigenvalue weighted by Crippen LogP contribution is 2.19. The van der Waals surface area contributed by atoms with Gasteiger partial charge in [-0.25, -0.2) is 9.37 Å². The zero-order valence-corrected chi connectivity index (χ0v) is 15.3. The average Bonchev–Trinajstić information content (AvgIpc) is 3.10. The molecule has 3 aromatic rings. The second-order valence-electron chi connectivity index (χ2n) is 5.95. The van der Waals surface area contributed by atoms with E-state index in [0.717, 1.165) is 30.8 Å². The molecule has 138 valence electrons. The number of benzene rings is 2. The van der Waals surface area contributed by atoms with E-state index in [9.17, 15) is 4.39 Å². The van der Waals surface area contributed by atoms with E-state index in [2.05, 4.69) is 34.1 Å². The molecule has 0 aliphatic rings. The van der Waals surface area contributed by atoms with Crippen LogP contribution in [-0.4, -0.2) is 29.5 Å². The maximum absolute atomic E-state index is 13.0. The SMILES string of the molecule is Cl.NCCN(CCc1ccccc1)Cc1coc(-c2ccc(F)cc2)n1. The minimum Gasteiger partial charge on any atom is -0.444 e. The van der Waals surface area contributed by atoms with Crippen LogP contribution in [0.4, 0.5) is 4.39 Å². The predicted octanol–water partition coefficient (Wildman–Crippen LogP) is 3.91. The number of nitrogens with two attached hydrogens (primary N) is 1. The molecular weight excluding hydrogens is 353 g/mol. The summed E-state index contributed by atoms with van der Waals surface area (Å²) in [6.45, 7) is 2.97. The van der Waals surface area contributed by atoms with Gasteiger partial charge in [0.2, 0.25) is 5.89 Å². The smallest absolute Gasteiger partial charge is 0.226 e. The first-order valence-corrected chi connectivity index (χ1v) is 8.41. The quantitative estimate of drug-likeness (QED) is 0.648. The molecule has 0 atom stereocenters. The molecule has 0 unspecified atom stereocenters. The van der Waals surface area contributed by atoms with Crippen molar-refractivity contribution in [1.29, 1.82) is 0 Å². The molecule has 0 radical (unpaired) electrons. The molecular formula is C20H23ClFN3O. The molecule has 2 aromatic carbocycles. The maximum atomic E-state index is 13.0. The summed E-state index contributed by atoms with van der Waals surface area (Å²) in [6, 6.07) is 16.5. The van der Waals surface area contributed by atoms with Crippen LogP contribution in [0.1, 0.15) is 11.3 Å². The van der Waals surface area contributed by atoms with Crippen LogP contribution in [-0.2, 0) is 13.0 Å². The van der Waals surface area contributed by atoms with Gasteiger partial charge >= 0.3 is 0 Å². The molecule has 0 amide bonds. The number of halogens is 2. The van der Waals surface area contributed by atoms with Gasteiger partial charge in [0.05, 0.1) is 5.69 Å². The van der Waals surface area contributed by atoms with E-state index >= 15 is 0 Å². The van der Waals surface area contributed by atoms with Crippen molar-refractivity contribution >= 4 is 12.4 Å². The van der Waals surface area contributed by atoms with Crippen LogP contribution in [0.2, 0.25) is 0 Å². The molecule has 0 spiro atoms. The van der Waals surface area contributed by atoms with Crippen molar-refractivity contribution in [3.05, 3.63) is 77.9 Å². The Hall–Kier alpha value is -2.21. The summed E-state index contributed by atoms with van der Waals surface area (Å²) in [4.78, 5) is 6.78. The Balaban J connectivity index is 0.00000243. The van der Waals surface area contributed by atoms with Crippen molar-refractivity contribution < 1.29 is 8.81 Å². The van der Waals surface area contributed by atoms with Crippen LogP contribution in [0.15, 0.2) is 65.3 Å². The number of rotatable bonds is 8. The Morgan fingerprint density at radius 1 is 1.00 bits per heavy atom. The van der Waals surface area contributed by atoms with Crippen molar-refractivity contribution in [3.8, 4) is 11.5 Å². The van der Waals surface area contributed by atoms with E-state index in [0.29, 0.717) is 19.0 Å². The Bertz CT molecular complexity index is 777. The zero-order chi connectivity index (χ0) is 17.5. The van der Waals surface area contributed by atoms with E-state index in [1.165, 1.54) is 17.7 Å². The maximum Gasteiger partial charge on any atom is 0.226 e. The molecule has 1 heterocycles. The van der Waals surface area contributed by atoms with Gasteiger partial charge in [0.1, 0.15) is 12.1 Å². The fraction of sp³-hybridized carbons (Fsp3) is 0.250. The minimum absolute atomic E-state index is 0. The molecule has 0 saturated carbocycles. The summed E-state index contributed by atoms with van der Waals surface area (Å²) >= 11 is 0. The number of nitrogens with zero attached hydrogens (tertiary/aromatic N) is 2. The van der Waals surface area contributed by atoms with Gasteiger partial charge in [-0.15, -0.1) is 12.4 Å². The van der Waals surface area contributed by atoms with Gasteiger partial charge in [-0.2, -0.15) is 0 Å². The van der Waals surface area contributed by atoms with Crippen LogP contribution in [0, 0.1) is 5.82 Å². The van der Waals surface area contributed by atoms with Crippen LogP contribution in [0.25, 0.3) is 11.5 Å². The Morgan fingerprint density at radius 3 is 2.42 bits per heavy atom. The summed E-state index contributed by atoms with van der Waals surface area (Å²) < 4.78 is 18.6. The van der Waals surface area contributed by atoms with E-state index in [1.807, 2.05) is 6.07 Å². The highest BCUT2D eigenvalue weighted by molar-refractivity contribution is 5.85. The van der Waals surface area contributed by atoms with Gasteiger partial charge in [-0.1, -0.05) is 30.3 Å². The van der Waals surface area contributed by atoms with Crippen LogP contribution < -0.4 is 5.73 Å². The van der Waals surface area contributed by atoms with Gasteiger partial charge < -0.3 is 10.2 Å². The molecule has 0 saturated heterocycles. The average molecular weight is 376 g/mol. The second kappa shape index (κ2) is 10.1. The number of hydrogen-bond acceptors (Lipinski definition) is 4. The fourth-order valence-electron chi connectivity index (χ4n) is 2.72. The standard InChI is InChI=1S/C20H22FN3O.ClH/c21-18-8-6-17(7-9-18)20-23-19(15-25-20)14-24(13-11-22)12-10-16-4-2-1-3-5-16;/h1-9,15H,10-14,22H2;1H. The lowest BCUT2D eigenvalue weighted by Crippen LogP contribution is -2.31. The van der Waals surface area contributed by atoms with Gasteiger partial charge in [0.25, 0.3) is 0 Å². The Labute approximate surface area is 159 Å². The first kappa shape index (κ1) is 20.1. The molecule has 4 nitrogen and oxygen atoms in total. The number of oxazole rings is 1. The van der Waals surface area contributed by atoms with Gasteiger partial charge in [-0.05, 0) is 36.2 Å². The van der Waals surface area contributed by atoms with Crippen molar-refractivity contribution in [2.24, 2.45) is 5.73 Å². The highest BCUT2D eigenvalue weighted by atomic mass is 35.5. The van der Waals surface area contributed by atoms with E-state index in [4.69, 9.17) is 10.2 Å². The summed E-state index contributed by atoms with van der Waals surface area (Å²) in [5, 5.41) is 0. The normalized spacial score (nSPS) is 10.7. The predicted molar refractivity (Wildman–Crippen MR) is 104 cm³/mol. The number of aromatic nitrogens is 1. The van der Waals surface area contributed by atoms with Gasteiger partial charge in [0.15, 0.2) is 0 Å². The Kier molecular flexibility index (Phi) is 7.78. The van der Waals surface area contributed by atoms with Crippen LogP contribution >= 0.6 is 12.4 Å². The molecule has 0 fully saturated rings. The fourth-order valence-corrected chi connectivity index (χ4v) is 2.72. The van der Waals surface area contributed by atoms with Crippen LogP contribution in [0.5, 0.6) is 0 Å². The van der Waals surface area contributed by atoms with Crippen molar-refractivity contribution in [2.45, 2.75) is 13.0 Å². The first-order chi connectivity index (χ1) is 12.2. The highest BCUT2D eigenvalue weighted by Gasteiger charge is 2.11. The molecule has 2 N–H and O–H groups in total. The van der Waals surface area contributed by atoms with Crippen LogP contribution in [0.3, 0.4) is 0 Å².